The fourth-order valence-corrected chi connectivity index (χ4v) is 4.67. The molecule has 1 atom stereocenters. The minimum absolute atomic E-state index is 0.00338. The van der Waals surface area contributed by atoms with Crippen LogP contribution < -0.4 is 5.32 Å². The van der Waals surface area contributed by atoms with Crippen LogP contribution in [0.2, 0.25) is 0 Å². The van der Waals surface area contributed by atoms with Gasteiger partial charge in [-0.3, -0.25) is 14.6 Å². The van der Waals surface area contributed by atoms with E-state index in [9.17, 15) is 4.79 Å². The van der Waals surface area contributed by atoms with E-state index in [1.807, 2.05) is 36.9 Å². The molecule has 0 aliphatic carbocycles. The van der Waals surface area contributed by atoms with Crippen LogP contribution in [0.3, 0.4) is 0 Å². The van der Waals surface area contributed by atoms with Crippen molar-refractivity contribution in [3.63, 3.8) is 0 Å². The first kappa shape index (κ1) is 18.5. The second kappa shape index (κ2) is 6.65. The Morgan fingerprint density at radius 2 is 2.15 bits per heavy atom. The zero-order chi connectivity index (χ0) is 19.2. The first-order valence-corrected chi connectivity index (χ1v) is 10.2. The molecule has 0 unspecified atom stereocenters. The number of nitrogens with one attached hydrogen (secondary N) is 1. The molecule has 9 heteroatoms. The van der Waals surface area contributed by atoms with Gasteiger partial charge in [0.05, 0.1) is 18.6 Å². The molecule has 27 heavy (non-hydrogen) atoms. The highest BCUT2D eigenvalue weighted by atomic mass is 32.1. The number of likely N-dealkylation sites (N-methyl/N-ethyl adjacent to an activating group) is 1. The highest BCUT2D eigenvalue weighted by molar-refractivity contribution is 7.09. The molecule has 4 rings (SSSR count). The smallest absolute Gasteiger partial charge is 0.289 e. The van der Waals surface area contributed by atoms with Crippen molar-refractivity contribution >= 4 is 17.2 Å². The van der Waals surface area contributed by atoms with Gasteiger partial charge in [0.15, 0.2) is 0 Å². The van der Waals surface area contributed by atoms with Crippen molar-refractivity contribution in [3.8, 4) is 0 Å². The average Bonchev–Trinajstić information content (AvgIpc) is 3.28. The predicted octanol–water partition coefficient (Wildman–Crippen LogP) is 1.35. The standard InChI is InChI=1S/C18H27N7OS/c1-17(2,3)20-16(26)15-22-21-13-9-23(4)18(12-25(13)15)5-7-24(11-18)10-14-19-6-8-27-14/h6,8H,5,7,9-12H2,1-4H3,(H,20,26)/t18-/m1/s1. The van der Waals surface area contributed by atoms with Gasteiger partial charge >= 0.3 is 0 Å². The van der Waals surface area contributed by atoms with Gasteiger partial charge < -0.3 is 9.88 Å². The molecule has 0 radical (unpaired) electrons. The molecule has 1 spiro atoms. The highest BCUT2D eigenvalue weighted by Gasteiger charge is 2.46. The van der Waals surface area contributed by atoms with Crippen molar-refractivity contribution in [2.24, 2.45) is 0 Å². The molecule has 2 aromatic rings. The van der Waals surface area contributed by atoms with Crippen LogP contribution in [0.1, 0.15) is 48.6 Å². The summed E-state index contributed by atoms with van der Waals surface area (Å²) in [5.74, 6) is 1.13. The zero-order valence-electron chi connectivity index (χ0n) is 16.4. The van der Waals surface area contributed by atoms with E-state index in [1.54, 1.807) is 11.3 Å². The van der Waals surface area contributed by atoms with E-state index in [2.05, 4.69) is 37.3 Å². The van der Waals surface area contributed by atoms with Crippen molar-refractivity contribution in [2.45, 2.75) is 57.9 Å². The SMILES string of the molecule is CN1Cc2nnc(C(=O)NC(C)(C)C)n2C[C@]12CCN(Cc1nccs1)C2. The molecule has 4 heterocycles. The maximum Gasteiger partial charge on any atom is 0.289 e. The molecule has 1 fully saturated rings. The molecule has 146 valence electrons. The summed E-state index contributed by atoms with van der Waals surface area (Å²) in [6, 6.07) is 0. The van der Waals surface area contributed by atoms with Gasteiger partial charge in [-0.25, -0.2) is 4.98 Å². The van der Waals surface area contributed by atoms with Gasteiger partial charge in [0.2, 0.25) is 5.82 Å². The largest absolute Gasteiger partial charge is 0.345 e. The Morgan fingerprint density at radius 1 is 1.33 bits per heavy atom. The van der Waals surface area contributed by atoms with Crippen LogP contribution in [0.4, 0.5) is 0 Å². The van der Waals surface area contributed by atoms with Crippen molar-refractivity contribution in [3.05, 3.63) is 28.2 Å². The Kier molecular flexibility index (Phi) is 4.56. The number of amides is 1. The normalized spacial score (nSPS) is 23.7. The van der Waals surface area contributed by atoms with Gasteiger partial charge in [-0.15, -0.1) is 21.5 Å². The third kappa shape index (κ3) is 3.63. The summed E-state index contributed by atoms with van der Waals surface area (Å²) < 4.78 is 2.02. The molecule has 2 aromatic heterocycles. The van der Waals surface area contributed by atoms with Gasteiger partial charge in [0, 0.05) is 36.8 Å². The van der Waals surface area contributed by atoms with E-state index in [4.69, 9.17) is 0 Å². The molecular formula is C18H27N7OS. The number of carbonyl (C=O) groups excluding carboxylic acids is 1. The molecule has 0 saturated carbocycles. The lowest BCUT2D eigenvalue weighted by Crippen LogP contribution is -2.55. The molecule has 8 nitrogen and oxygen atoms in total. The van der Waals surface area contributed by atoms with E-state index in [0.29, 0.717) is 12.4 Å². The predicted molar refractivity (Wildman–Crippen MR) is 103 cm³/mol. The Hall–Kier alpha value is -1.84. The minimum atomic E-state index is -0.301. The third-order valence-corrected chi connectivity index (χ3v) is 6.18. The second-order valence-electron chi connectivity index (χ2n) is 8.70. The summed E-state index contributed by atoms with van der Waals surface area (Å²) in [5, 5.41) is 14.7. The lowest BCUT2D eigenvalue weighted by molar-refractivity contribution is 0.0645. The molecule has 1 amide bonds. The fraction of sp³-hybridized carbons (Fsp3) is 0.667. The number of likely N-dealkylation sites (tertiary alicyclic amines) is 1. The number of hydrogen-bond acceptors (Lipinski definition) is 7. The van der Waals surface area contributed by atoms with Crippen LogP contribution in [0.15, 0.2) is 11.6 Å². The lowest BCUT2D eigenvalue weighted by atomic mass is 9.94. The van der Waals surface area contributed by atoms with Gasteiger partial charge in [-0.2, -0.15) is 0 Å². The first-order chi connectivity index (χ1) is 12.8. The van der Waals surface area contributed by atoms with Crippen LogP contribution in [0, 0.1) is 0 Å². The Bertz CT molecular complexity index is 825. The topological polar surface area (TPSA) is 79.2 Å². The maximum absolute atomic E-state index is 12.7. The summed E-state index contributed by atoms with van der Waals surface area (Å²) in [7, 11) is 2.15. The van der Waals surface area contributed by atoms with E-state index in [1.165, 1.54) is 0 Å². The molecule has 0 bridgehead atoms. The maximum atomic E-state index is 12.7. The van der Waals surface area contributed by atoms with E-state index in [-0.39, 0.29) is 17.0 Å². The number of hydrogen-bond donors (Lipinski definition) is 1. The Balaban J connectivity index is 1.54. The van der Waals surface area contributed by atoms with Crippen molar-refractivity contribution in [1.82, 2.24) is 34.9 Å². The van der Waals surface area contributed by atoms with Crippen LogP contribution in [-0.2, 0) is 19.6 Å². The zero-order valence-corrected chi connectivity index (χ0v) is 17.2. The summed E-state index contributed by atoms with van der Waals surface area (Å²) in [6.07, 6.45) is 2.93. The average molecular weight is 390 g/mol. The fourth-order valence-electron chi connectivity index (χ4n) is 4.02. The van der Waals surface area contributed by atoms with Gasteiger partial charge in [0.1, 0.15) is 10.8 Å². The Morgan fingerprint density at radius 3 is 2.85 bits per heavy atom. The van der Waals surface area contributed by atoms with Crippen LogP contribution in [0.5, 0.6) is 0 Å². The van der Waals surface area contributed by atoms with Crippen LogP contribution >= 0.6 is 11.3 Å². The first-order valence-electron chi connectivity index (χ1n) is 9.32. The highest BCUT2D eigenvalue weighted by Crippen LogP contribution is 2.34. The summed E-state index contributed by atoms with van der Waals surface area (Å²) >= 11 is 1.70. The quantitative estimate of drug-likeness (QED) is 0.854. The van der Waals surface area contributed by atoms with Gasteiger partial charge in [-0.1, -0.05) is 0 Å². The molecular weight excluding hydrogens is 362 g/mol. The molecule has 1 saturated heterocycles. The molecule has 1 N–H and O–H groups in total. The summed E-state index contributed by atoms with van der Waals surface area (Å²) in [5.41, 5.74) is -0.298. The number of aromatic nitrogens is 4. The summed E-state index contributed by atoms with van der Waals surface area (Å²) in [6.45, 7) is 10.3. The van der Waals surface area contributed by atoms with Crippen LogP contribution in [0.25, 0.3) is 0 Å². The van der Waals surface area contributed by atoms with E-state index >= 15 is 0 Å². The van der Waals surface area contributed by atoms with Crippen LogP contribution in [-0.4, -0.2) is 66.7 Å². The second-order valence-corrected chi connectivity index (χ2v) is 9.68. The molecule has 2 aliphatic heterocycles. The number of nitrogens with zero attached hydrogens (tertiary/aromatic N) is 6. The molecule has 0 aromatic carbocycles. The molecule has 2 aliphatic rings. The third-order valence-electron chi connectivity index (χ3n) is 5.41. The van der Waals surface area contributed by atoms with Crippen molar-refractivity contribution in [2.75, 3.05) is 20.1 Å². The van der Waals surface area contributed by atoms with E-state index < -0.39 is 0 Å². The van der Waals surface area contributed by atoms with Gasteiger partial charge in [0.25, 0.3) is 5.91 Å². The monoisotopic (exact) mass is 389 g/mol. The number of fused-ring (bicyclic) bond motifs is 1. The summed E-state index contributed by atoms with van der Waals surface area (Å²) in [4.78, 5) is 21.9. The number of rotatable bonds is 3. The number of carbonyl (C=O) groups is 1. The van der Waals surface area contributed by atoms with E-state index in [0.717, 1.165) is 43.4 Å². The van der Waals surface area contributed by atoms with Crippen molar-refractivity contribution in [1.29, 1.82) is 0 Å². The number of thiazole rings is 1. The lowest BCUT2D eigenvalue weighted by Gasteiger charge is -2.42. The Labute approximate surface area is 163 Å². The minimum Gasteiger partial charge on any atom is -0.345 e. The van der Waals surface area contributed by atoms with Gasteiger partial charge in [-0.05, 0) is 34.2 Å². The van der Waals surface area contributed by atoms with Crippen molar-refractivity contribution < 1.29 is 4.79 Å².